The van der Waals surface area contributed by atoms with Gasteiger partial charge >= 0.3 is 5.97 Å². The van der Waals surface area contributed by atoms with Gasteiger partial charge in [0, 0.05) is 0 Å². The number of fused-ring (bicyclic) bond motifs is 1. The van der Waals surface area contributed by atoms with Crippen LogP contribution in [-0.2, 0) is 0 Å². The smallest absolute Gasteiger partial charge is 0.335 e. The summed E-state index contributed by atoms with van der Waals surface area (Å²) < 4.78 is 5.16. The van der Waals surface area contributed by atoms with Crippen LogP contribution in [0.3, 0.4) is 0 Å². The molecule has 0 saturated carbocycles. The molecule has 1 N–H and O–H groups in total. The van der Waals surface area contributed by atoms with E-state index in [1.54, 1.807) is 19.2 Å². The molecule has 0 fully saturated rings. The second-order valence-corrected chi connectivity index (χ2v) is 3.69. The number of hydrogen-bond donors (Lipinski definition) is 1. The van der Waals surface area contributed by atoms with Crippen molar-refractivity contribution in [3.8, 4) is 5.75 Å². The molecule has 0 radical (unpaired) electrons. The standard InChI is InChI=1S/C13H12O3/c1-8-5-11(16-2)7-10-6-9(13(14)15)3-4-12(8)10/h3-7H,1-2H3,(H,14,15). The molecule has 0 aromatic heterocycles. The van der Waals surface area contributed by atoms with Crippen molar-refractivity contribution in [2.75, 3.05) is 7.11 Å². The second kappa shape index (κ2) is 3.85. The minimum atomic E-state index is -0.914. The van der Waals surface area contributed by atoms with Crippen LogP contribution in [0, 0.1) is 6.92 Å². The summed E-state index contributed by atoms with van der Waals surface area (Å²) >= 11 is 0. The maximum Gasteiger partial charge on any atom is 0.335 e. The van der Waals surface area contributed by atoms with Gasteiger partial charge in [-0.2, -0.15) is 0 Å². The Bertz CT molecular complexity index is 558. The third-order valence-electron chi connectivity index (χ3n) is 2.62. The third kappa shape index (κ3) is 1.72. The minimum absolute atomic E-state index is 0.292. The number of methoxy groups -OCH3 is 1. The first-order valence-corrected chi connectivity index (χ1v) is 4.93. The van der Waals surface area contributed by atoms with Crippen molar-refractivity contribution in [2.45, 2.75) is 6.92 Å². The Hall–Kier alpha value is -2.03. The van der Waals surface area contributed by atoms with E-state index in [4.69, 9.17) is 9.84 Å². The fraction of sp³-hybridized carbons (Fsp3) is 0.154. The Balaban J connectivity index is 2.71. The highest BCUT2D eigenvalue weighted by molar-refractivity contribution is 5.95. The zero-order valence-corrected chi connectivity index (χ0v) is 9.15. The van der Waals surface area contributed by atoms with Gasteiger partial charge < -0.3 is 9.84 Å². The molecule has 0 spiro atoms. The molecule has 0 unspecified atom stereocenters. The van der Waals surface area contributed by atoms with Crippen LogP contribution < -0.4 is 4.74 Å². The first-order chi connectivity index (χ1) is 7.61. The maximum atomic E-state index is 10.9. The van der Waals surface area contributed by atoms with Gasteiger partial charge in [0.2, 0.25) is 0 Å². The zero-order valence-electron chi connectivity index (χ0n) is 9.15. The summed E-state index contributed by atoms with van der Waals surface area (Å²) in [5.41, 5.74) is 1.37. The van der Waals surface area contributed by atoms with Gasteiger partial charge in [0.25, 0.3) is 0 Å². The van der Waals surface area contributed by atoms with Crippen LogP contribution in [0.25, 0.3) is 10.8 Å². The molecule has 0 aliphatic rings. The Kier molecular flexibility index (Phi) is 2.52. The zero-order chi connectivity index (χ0) is 11.7. The van der Waals surface area contributed by atoms with E-state index in [0.717, 1.165) is 22.1 Å². The molecule has 2 rings (SSSR count). The lowest BCUT2D eigenvalue weighted by Gasteiger charge is -2.07. The largest absolute Gasteiger partial charge is 0.497 e. The molecular formula is C13H12O3. The quantitative estimate of drug-likeness (QED) is 0.839. The summed E-state index contributed by atoms with van der Waals surface area (Å²) in [7, 11) is 1.60. The number of aryl methyl sites for hydroxylation is 1. The van der Waals surface area contributed by atoms with Gasteiger partial charge in [-0.1, -0.05) is 6.07 Å². The first kappa shape index (κ1) is 10.5. The van der Waals surface area contributed by atoms with Gasteiger partial charge in [-0.25, -0.2) is 4.79 Å². The second-order valence-electron chi connectivity index (χ2n) is 3.69. The number of carboxylic acid groups (broad SMARTS) is 1. The van der Waals surface area contributed by atoms with Crippen LogP contribution in [0.15, 0.2) is 30.3 Å². The molecule has 0 aliphatic heterocycles. The summed E-state index contributed by atoms with van der Waals surface area (Å²) in [6.45, 7) is 1.98. The number of carboxylic acids is 1. The van der Waals surface area contributed by atoms with Gasteiger partial charge in [0.15, 0.2) is 0 Å². The molecule has 0 aliphatic carbocycles. The molecule has 2 aromatic rings. The normalized spacial score (nSPS) is 10.4. The lowest BCUT2D eigenvalue weighted by Crippen LogP contribution is -1.96. The highest BCUT2D eigenvalue weighted by Crippen LogP contribution is 2.25. The van der Waals surface area contributed by atoms with E-state index in [-0.39, 0.29) is 0 Å². The molecule has 0 saturated heterocycles. The predicted octanol–water partition coefficient (Wildman–Crippen LogP) is 2.86. The van der Waals surface area contributed by atoms with E-state index in [2.05, 4.69) is 0 Å². The molecule has 0 bridgehead atoms. The number of aromatic carboxylic acids is 1. The van der Waals surface area contributed by atoms with E-state index < -0.39 is 5.97 Å². The molecule has 0 atom stereocenters. The molecule has 16 heavy (non-hydrogen) atoms. The summed E-state index contributed by atoms with van der Waals surface area (Å²) in [6, 6.07) is 8.88. The predicted molar refractivity (Wildman–Crippen MR) is 62.2 cm³/mol. The van der Waals surface area contributed by atoms with Crippen molar-refractivity contribution in [3.63, 3.8) is 0 Å². The number of benzene rings is 2. The minimum Gasteiger partial charge on any atom is -0.497 e. The SMILES string of the molecule is COc1cc(C)c2ccc(C(=O)O)cc2c1. The van der Waals surface area contributed by atoms with E-state index >= 15 is 0 Å². The summed E-state index contributed by atoms with van der Waals surface area (Å²) in [5, 5.41) is 10.8. The van der Waals surface area contributed by atoms with E-state index in [0.29, 0.717) is 5.56 Å². The Morgan fingerprint density at radius 1 is 1.25 bits per heavy atom. The van der Waals surface area contributed by atoms with Crippen LogP contribution in [0.1, 0.15) is 15.9 Å². The van der Waals surface area contributed by atoms with Gasteiger partial charge in [0.1, 0.15) is 5.75 Å². The van der Waals surface area contributed by atoms with Crippen molar-refractivity contribution in [1.29, 1.82) is 0 Å². The monoisotopic (exact) mass is 216 g/mol. The van der Waals surface area contributed by atoms with E-state index in [1.165, 1.54) is 0 Å². The Morgan fingerprint density at radius 2 is 2.00 bits per heavy atom. The van der Waals surface area contributed by atoms with Gasteiger partial charge in [0.05, 0.1) is 12.7 Å². The molecular weight excluding hydrogens is 204 g/mol. The van der Waals surface area contributed by atoms with Crippen molar-refractivity contribution >= 4 is 16.7 Å². The van der Waals surface area contributed by atoms with Crippen molar-refractivity contribution < 1.29 is 14.6 Å². The lowest BCUT2D eigenvalue weighted by molar-refractivity contribution is 0.0697. The summed E-state index contributed by atoms with van der Waals surface area (Å²) in [4.78, 5) is 10.9. The summed E-state index contributed by atoms with van der Waals surface area (Å²) in [5.74, 6) is -0.171. The Morgan fingerprint density at radius 3 is 2.62 bits per heavy atom. The van der Waals surface area contributed by atoms with Crippen LogP contribution in [-0.4, -0.2) is 18.2 Å². The number of rotatable bonds is 2. The Labute approximate surface area is 93.3 Å². The average molecular weight is 216 g/mol. The number of hydrogen-bond acceptors (Lipinski definition) is 2. The molecule has 0 amide bonds. The molecule has 82 valence electrons. The van der Waals surface area contributed by atoms with Crippen LogP contribution >= 0.6 is 0 Å². The van der Waals surface area contributed by atoms with E-state index in [9.17, 15) is 4.79 Å². The highest BCUT2D eigenvalue weighted by Gasteiger charge is 2.06. The maximum absolute atomic E-state index is 10.9. The van der Waals surface area contributed by atoms with Crippen LogP contribution in [0.2, 0.25) is 0 Å². The van der Waals surface area contributed by atoms with Crippen molar-refractivity contribution in [2.24, 2.45) is 0 Å². The fourth-order valence-electron chi connectivity index (χ4n) is 1.78. The number of carbonyl (C=O) groups is 1. The molecule has 2 aromatic carbocycles. The van der Waals surface area contributed by atoms with Gasteiger partial charge in [-0.15, -0.1) is 0 Å². The lowest BCUT2D eigenvalue weighted by atomic mass is 10.0. The molecule has 3 nitrogen and oxygen atoms in total. The van der Waals surface area contributed by atoms with E-state index in [1.807, 2.05) is 25.1 Å². The average Bonchev–Trinajstić information content (AvgIpc) is 2.28. The number of ether oxygens (including phenoxy) is 1. The van der Waals surface area contributed by atoms with Gasteiger partial charge in [-0.05, 0) is 47.5 Å². The fourth-order valence-corrected chi connectivity index (χ4v) is 1.78. The topological polar surface area (TPSA) is 46.5 Å². The third-order valence-corrected chi connectivity index (χ3v) is 2.62. The van der Waals surface area contributed by atoms with Crippen molar-refractivity contribution in [3.05, 3.63) is 41.5 Å². The molecule has 3 heteroatoms. The van der Waals surface area contributed by atoms with Gasteiger partial charge in [-0.3, -0.25) is 0 Å². The highest BCUT2D eigenvalue weighted by atomic mass is 16.5. The van der Waals surface area contributed by atoms with Crippen LogP contribution in [0.5, 0.6) is 5.75 Å². The summed E-state index contributed by atoms with van der Waals surface area (Å²) in [6.07, 6.45) is 0. The first-order valence-electron chi connectivity index (χ1n) is 4.93. The van der Waals surface area contributed by atoms with Crippen molar-refractivity contribution in [1.82, 2.24) is 0 Å². The molecule has 0 heterocycles. The van der Waals surface area contributed by atoms with Crippen LogP contribution in [0.4, 0.5) is 0 Å².